The van der Waals surface area contributed by atoms with Crippen molar-refractivity contribution >= 4 is 11.6 Å². The zero-order valence-electron chi connectivity index (χ0n) is 12.0. The van der Waals surface area contributed by atoms with E-state index in [-0.39, 0.29) is 11.9 Å². The molecule has 0 saturated carbocycles. The van der Waals surface area contributed by atoms with E-state index in [0.29, 0.717) is 6.42 Å². The second kappa shape index (κ2) is 5.16. The Morgan fingerprint density at radius 1 is 1.25 bits per heavy atom. The number of aryl methyl sites for hydroxylation is 2. The van der Waals surface area contributed by atoms with Gasteiger partial charge in [-0.25, -0.2) is 0 Å². The molecule has 1 unspecified atom stereocenters. The highest BCUT2D eigenvalue weighted by atomic mass is 16.2. The lowest BCUT2D eigenvalue weighted by molar-refractivity contribution is -0.118. The summed E-state index contributed by atoms with van der Waals surface area (Å²) in [6, 6.07) is 12.6. The van der Waals surface area contributed by atoms with Crippen LogP contribution in [0, 0.1) is 0 Å². The van der Waals surface area contributed by atoms with Gasteiger partial charge in [0.25, 0.3) is 0 Å². The summed E-state index contributed by atoms with van der Waals surface area (Å²) in [5, 5.41) is 0. The van der Waals surface area contributed by atoms with E-state index in [2.05, 4.69) is 29.7 Å². The van der Waals surface area contributed by atoms with Crippen molar-refractivity contribution in [3.05, 3.63) is 53.9 Å². The van der Waals surface area contributed by atoms with Gasteiger partial charge in [0.1, 0.15) is 0 Å². The molecule has 20 heavy (non-hydrogen) atoms. The van der Waals surface area contributed by atoms with E-state index in [1.807, 2.05) is 36.3 Å². The molecule has 0 fully saturated rings. The number of fused-ring (bicyclic) bond motifs is 1. The minimum atomic E-state index is 0.226. The Balaban J connectivity index is 1.73. The number of carbonyl (C=O) groups excluding carboxylic acids is 1. The molecule has 1 aliphatic rings. The van der Waals surface area contributed by atoms with E-state index in [4.69, 9.17) is 0 Å². The maximum Gasteiger partial charge on any atom is 0.227 e. The third-order valence-electron chi connectivity index (χ3n) is 4.12. The lowest BCUT2D eigenvalue weighted by Gasteiger charge is -2.22. The quantitative estimate of drug-likeness (QED) is 0.840. The summed E-state index contributed by atoms with van der Waals surface area (Å²) in [7, 11) is 2.02. The van der Waals surface area contributed by atoms with Gasteiger partial charge < -0.3 is 9.47 Å². The molecule has 1 aromatic heterocycles. The lowest BCUT2D eigenvalue weighted by atomic mass is 10.1. The number of nitrogens with zero attached hydrogens (tertiary/aromatic N) is 2. The molecule has 0 N–H and O–H groups in total. The van der Waals surface area contributed by atoms with Crippen LogP contribution in [0.5, 0.6) is 0 Å². The highest BCUT2D eigenvalue weighted by molar-refractivity contribution is 5.96. The molecule has 104 valence electrons. The predicted octanol–water partition coefficient (Wildman–Crippen LogP) is 2.94. The van der Waals surface area contributed by atoms with E-state index >= 15 is 0 Å². The first-order chi connectivity index (χ1) is 9.66. The summed E-state index contributed by atoms with van der Waals surface area (Å²) in [5.41, 5.74) is 3.59. The minimum absolute atomic E-state index is 0.226. The molecule has 0 bridgehead atoms. The largest absolute Gasteiger partial charge is 0.354 e. The maximum absolute atomic E-state index is 12.5. The van der Waals surface area contributed by atoms with E-state index in [0.717, 1.165) is 18.5 Å². The number of para-hydroxylation sites is 1. The van der Waals surface area contributed by atoms with Crippen molar-refractivity contribution in [1.29, 1.82) is 0 Å². The van der Waals surface area contributed by atoms with Gasteiger partial charge >= 0.3 is 0 Å². The van der Waals surface area contributed by atoms with Crippen LogP contribution in [-0.4, -0.2) is 16.5 Å². The summed E-state index contributed by atoms with van der Waals surface area (Å²) in [4.78, 5) is 14.5. The Bertz CT molecular complexity index is 629. The second-order valence-electron chi connectivity index (χ2n) is 5.56. The predicted molar refractivity (Wildman–Crippen MR) is 80.8 cm³/mol. The number of hydrogen-bond acceptors (Lipinski definition) is 1. The van der Waals surface area contributed by atoms with Crippen molar-refractivity contribution in [2.75, 3.05) is 4.90 Å². The van der Waals surface area contributed by atoms with Crippen molar-refractivity contribution in [2.24, 2.45) is 7.05 Å². The summed E-state index contributed by atoms with van der Waals surface area (Å²) in [6.07, 6.45) is 4.35. The molecule has 3 heteroatoms. The first kappa shape index (κ1) is 13.0. The number of hydrogen-bond donors (Lipinski definition) is 0. The average molecular weight is 268 g/mol. The molecule has 0 saturated heterocycles. The van der Waals surface area contributed by atoms with Gasteiger partial charge in [-0.1, -0.05) is 18.2 Å². The molecule has 0 spiro atoms. The van der Waals surface area contributed by atoms with Crippen LogP contribution in [0.3, 0.4) is 0 Å². The van der Waals surface area contributed by atoms with Crippen molar-refractivity contribution in [3.8, 4) is 0 Å². The van der Waals surface area contributed by atoms with Crippen molar-refractivity contribution in [2.45, 2.75) is 32.2 Å². The fourth-order valence-corrected chi connectivity index (χ4v) is 3.06. The van der Waals surface area contributed by atoms with Crippen LogP contribution >= 0.6 is 0 Å². The van der Waals surface area contributed by atoms with Crippen molar-refractivity contribution in [3.63, 3.8) is 0 Å². The lowest BCUT2D eigenvalue weighted by Crippen LogP contribution is -2.35. The second-order valence-corrected chi connectivity index (χ2v) is 5.56. The van der Waals surface area contributed by atoms with Crippen molar-refractivity contribution < 1.29 is 4.79 Å². The van der Waals surface area contributed by atoms with Crippen LogP contribution in [0.2, 0.25) is 0 Å². The smallest absolute Gasteiger partial charge is 0.227 e. The minimum Gasteiger partial charge on any atom is -0.354 e. The van der Waals surface area contributed by atoms with Gasteiger partial charge in [-0.3, -0.25) is 4.79 Å². The highest BCUT2D eigenvalue weighted by Crippen LogP contribution is 2.32. The van der Waals surface area contributed by atoms with E-state index in [9.17, 15) is 4.79 Å². The topological polar surface area (TPSA) is 25.2 Å². The molecular weight excluding hydrogens is 248 g/mol. The fourth-order valence-electron chi connectivity index (χ4n) is 3.06. The highest BCUT2D eigenvalue weighted by Gasteiger charge is 2.29. The summed E-state index contributed by atoms with van der Waals surface area (Å²) >= 11 is 0. The summed E-state index contributed by atoms with van der Waals surface area (Å²) < 4.78 is 2.08. The SMILES string of the molecule is CC1Cc2ccccc2N1C(=O)CCc1cccn1C. The van der Waals surface area contributed by atoms with Gasteiger partial charge in [0, 0.05) is 37.1 Å². The first-order valence-corrected chi connectivity index (χ1v) is 7.17. The number of rotatable bonds is 3. The molecule has 3 nitrogen and oxygen atoms in total. The van der Waals surface area contributed by atoms with Crippen LogP contribution in [0.15, 0.2) is 42.6 Å². The van der Waals surface area contributed by atoms with Crippen molar-refractivity contribution in [1.82, 2.24) is 4.57 Å². The Morgan fingerprint density at radius 3 is 2.80 bits per heavy atom. The molecule has 1 aliphatic heterocycles. The Kier molecular flexibility index (Phi) is 3.35. The van der Waals surface area contributed by atoms with Crippen LogP contribution in [0.4, 0.5) is 5.69 Å². The number of anilines is 1. The Hall–Kier alpha value is -2.03. The standard InChI is InChI=1S/C17H20N2O/c1-13-12-14-6-3-4-8-16(14)19(13)17(20)10-9-15-7-5-11-18(15)2/h3-8,11,13H,9-10,12H2,1-2H3. The first-order valence-electron chi connectivity index (χ1n) is 7.17. The van der Waals surface area contributed by atoms with E-state index in [1.165, 1.54) is 11.3 Å². The molecule has 1 amide bonds. The normalized spacial score (nSPS) is 17.3. The average Bonchev–Trinajstić information content (AvgIpc) is 2.98. The summed E-state index contributed by atoms with van der Waals surface area (Å²) in [6.45, 7) is 2.13. The van der Waals surface area contributed by atoms with Crippen LogP contribution in [0.1, 0.15) is 24.6 Å². The van der Waals surface area contributed by atoms with Gasteiger partial charge in [0.15, 0.2) is 0 Å². The van der Waals surface area contributed by atoms with E-state index < -0.39 is 0 Å². The molecule has 1 aromatic carbocycles. The number of aromatic nitrogens is 1. The number of amides is 1. The Labute approximate surface area is 119 Å². The third kappa shape index (κ3) is 2.24. The molecule has 0 aliphatic carbocycles. The molecule has 0 radical (unpaired) electrons. The summed E-state index contributed by atoms with van der Waals surface area (Å²) in [5.74, 6) is 0.226. The van der Waals surface area contributed by atoms with Crippen LogP contribution < -0.4 is 4.90 Å². The molecule has 3 rings (SSSR count). The Morgan fingerprint density at radius 2 is 2.05 bits per heavy atom. The molecular formula is C17H20N2O. The molecule has 1 atom stereocenters. The van der Waals surface area contributed by atoms with Crippen LogP contribution in [-0.2, 0) is 24.7 Å². The monoisotopic (exact) mass is 268 g/mol. The molecule has 2 heterocycles. The number of carbonyl (C=O) groups is 1. The fraction of sp³-hybridized carbons (Fsp3) is 0.353. The zero-order chi connectivity index (χ0) is 14.1. The van der Waals surface area contributed by atoms with Gasteiger partial charge in [-0.2, -0.15) is 0 Å². The van der Waals surface area contributed by atoms with Gasteiger partial charge in [0.05, 0.1) is 0 Å². The van der Waals surface area contributed by atoms with Gasteiger partial charge in [0.2, 0.25) is 5.91 Å². The zero-order valence-corrected chi connectivity index (χ0v) is 12.0. The van der Waals surface area contributed by atoms with E-state index in [1.54, 1.807) is 0 Å². The molecule has 2 aromatic rings. The third-order valence-corrected chi connectivity index (χ3v) is 4.12. The van der Waals surface area contributed by atoms with Gasteiger partial charge in [-0.15, -0.1) is 0 Å². The van der Waals surface area contributed by atoms with Crippen LogP contribution in [0.25, 0.3) is 0 Å². The van der Waals surface area contributed by atoms with Gasteiger partial charge in [-0.05, 0) is 43.5 Å². The maximum atomic E-state index is 12.5. The number of benzene rings is 1.